The maximum absolute atomic E-state index is 13.8. The molecule has 0 radical (unpaired) electrons. The molecule has 200 valence electrons. The molecule has 4 aliphatic rings. The van der Waals surface area contributed by atoms with Gasteiger partial charge < -0.3 is 9.47 Å². The van der Waals surface area contributed by atoms with Crippen molar-refractivity contribution in [1.29, 1.82) is 0 Å². The Balaban J connectivity index is 1.58. The van der Waals surface area contributed by atoms with Crippen molar-refractivity contribution in [3.05, 3.63) is 70.9 Å². The highest BCUT2D eigenvalue weighted by Gasteiger charge is 2.46. The average Bonchev–Trinajstić information content (AvgIpc) is 3.47. The molecule has 0 aromatic carbocycles. The first kappa shape index (κ1) is 27.4. The van der Waals surface area contributed by atoms with Gasteiger partial charge in [-0.3, -0.25) is 0 Å². The molecular weight excluding hydrogens is 460 g/mol. The largest absolute Gasteiger partial charge is 0.451 e. The smallest absolute Gasteiger partial charge is 0.336 e. The second-order valence-electron chi connectivity index (χ2n) is 11.3. The topological polar surface area (TPSA) is 52.6 Å². The van der Waals surface area contributed by atoms with E-state index in [-0.39, 0.29) is 23.8 Å². The van der Waals surface area contributed by atoms with Gasteiger partial charge in [-0.15, -0.1) is 0 Å². The molecule has 0 heterocycles. The van der Waals surface area contributed by atoms with E-state index in [1.54, 1.807) is 0 Å². The highest BCUT2D eigenvalue weighted by molar-refractivity contribution is 6.03. The van der Waals surface area contributed by atoms with Crippen molar-refractivity contribution >= 4 is 11.9 Å². The maximum atomic E-state index is 13.8. The summed E-state index contributed by atoms with van der Waals surface area (Å²) in [6.07, 6.45) is 26.3. The summed E-state index contributed by atoms with van der Waals surface area (Å²) in [6.45, 7) is 8.58. The molecule has 4 aliphatic carbocycles. The Hall–Kier alpha value is -2.62. The number of hydrogen-bond donors (Lipinski definition) is 0. The van der Waals surface area contributed by atoms with Gasteiger partial charge in [0.1, 0.15) is 11.2 Å². The fraction of sp³-hybridized carbons (Fsp3) is 0.576. The summed E-state index contributed by atoms with van der Waals surface area (Å²) in [4.78, 5) is 27.6. The number of esters is 2. The predicted molar refractivity (Wildman–Crippen MR) is 149 cm³/mol. The number of rotatable bonds is 12. The third-order valence-electron chi connectivity index (χ3n) is 8.15. The van der Waals surface area contributed by atoms with Crippen LogP contribution in [-0.4, -0.2) is 23.1 Å². The maximum Gasteiger partial charge on any atom is 0.336 e. The highest BCUT2D eigenvalue weighted by atomic mass is 16.6. The molecule has 2 bridgehead atoms. The zero-order chi connectivity index (χ0) is 26.5. The summed E-state index contributed by atoms with van der Waals surface area (Å²) in [5.74, 6) is -0.849. The van der Waals surface area contributed by atoms with Gasteiger partial charge in [-0.25, -0.2) is 9.59 Å². The van der Waals surface area contributed by atoms with Gasteiger partial charge in [-0.1, -0.05) is 101 Å². The first-order valence-corrected chi connectivity index (χ1v) is 14.5. The highest BCUT2D eigenvalue weighted by Crippen LogP contribution is 2.47. The Kier molecular flexibility index (Phi) is 8.77. The lowest BCUT2D eigenvalue weighted by atomic mass is 9.84. The Morgan fingerprint density at radius 1 is 0.730 bits per heavy atom. The first-order valence-electron chi connectivity index (χ1n) is 14.5. The van der Waals surface area contributed by atoms with Crippen LogP contribution in [0.1, 0.15) is 98.3 Å². The molecule has 0 N–H and O–H groups in total. The number of fused-ring (bicyclic) bond motifs is 2. The normalized spacial score (nSPS) is 29.9. The Morgan fingerprint density at radius 3 is 1.54 bits per heavy atom. The van der Waals surface area contributed by atoms with E-state index >= 15 is 0 Å². The monoisotopic (exact) mass is 504 g/mol. The number of carbonyl (C=O) groups is 2. The minimum absolute atomic E-state index is 0.0727. The lowest BCUT2D eigenvalue weighted by molar-refractivity contribution is -0.155. The van der Waals surface area contributed by atoms with Gasteiger partial charge in [0.05, 0.1) is 11.1 Å². The van der Waals surface area contributed by atoms with Crippen molar-refractivity contribution in [2.24, 2.45) is 11.8 Å². The van der Waals surface area contributed by atoms with Crippen LogP contribution in [0.3, 0.4) is 0 Å². The minimum Gasteiger partial charge on any atom is -0.451 e. The van der Waals surface area contributed by atoms with Crippen molar-refractivity contribution in [3.8, 4) is 0 Å². The van der Waals surface area contributed by atoms with Crippen LogP contribution in [0.4, 0.5) is 0 Å². The number of ether oxygens (including phenoxy) is 2. The third kappa shape index (κ3) is 5.94. The molecule has 4 atom stereocenters. The molecule has 4 heteroatoms. The molecule has 0 aliphatic heterocycles. The lowest BCUT2D eigenvalue weighted by Gasteiger charge is -2.35. The molecule has 0 aromatic rings. The standard InChI is InChI=1S/C33H44O4/c1-5-11-24-13-9-19-32(22-24,17-7-3)36-30(34)28-26-15-16-27(21-26)29(28)31(35)37-33(18-8-4)20-10-14-25(23-33)12-6-2/h9-10,13-16,19-20,26-27H,5-8,11-12,17-18,21-23H2,1-4H3. The molecule has 0 aromatic heterocycles. The molecule has 0 saturated carbocycles. The summed E-state index contributed by atoms with van der Waals surface area (Å²) in [6, 6.07) is 0. The number of allylic oxidation sites excluding steroid dienone is 6. The van der Waals surface area contributed by atoms with E-state index in [0.717, 1.165) is 70.6 Å². The summed E-state index contributed by atoms with van der Waals surface area (Å²) >= 11 is 0. The summed E-state index contributed by atoms with van der Waals surface area (Å²) in [5.41, 5.74) is 2.37. The summed E-state index contributed by atoms with van der Waals surface area (Å²) in [5, 5.41) is 0. The molecule has 37 heavy (non-hydrogen) atoms. The van der Waals surface area contributed by atoms with Gasteiger partial charge >= 0.3 is 11.9 Å². The summed E-state index contributed by atoms with van der Waals surface area (Å²) < 4.78 is 12.7. The van der Waals surface area contributed by atoms with Crippen LogP contribution < -0.4 is 0 Å². The number of hydrogen-bond acceptors (Lipinski definition) is 4. The molecule has 0 spiro atoms. The third-order valence-corrected chi connectivity index (χ3v) is 8.15. The van der Waals surface area contributed by atoms with Crippen molar-refractivity contribution in [2.45, 2.75) is 110 Å². The Morgan fingerprint density at radius 2 is 1.16 bits per heavy atom. The first-order chi connectivity index (χ1) is 17.9. The van der Waals surface area contributed by atoms with E-state index in [9.17, 15) is 9.59 Å². The predicted octanol–water partition coefficient (Wildman–Crippen LogP) is 8.03. The van der Waals surface area contributed by atoms with Crippen LogP contribution in [0.25, 0.3) is 0 Å². The number of carbonyl (C=O) groups excluding carboxylic acids is 2. The quantitative estimate of drug-likeness (QED) is 0.199. The van der Waals surface area contributed by atoms with Crippen LogP contribution in [0, 0.1) is 11.8 Å². The van der Waals surface area contributed by atoms with Gasteiger partial charge in [0.2, 0.25) is 0 Å². The minimum atomic E-state index is -0.645. The molecule has 4 nitrogen and oxygen atoms in total. The van der Waals surface area contributed by atoms with Crippen LogP contribution >= 0.6 is 0 Å². The van der Waals surface area contributed by atoms with E-state index in [1.165, 1.54) is 11.1 Å². The van der Waals surface area contributed by atoms with E-state index in [0.29, 0.717) is 11.1 Å². The van der Waals surface area contributed by atoms with Gasteiger partial charge in [0.25, 0.3) is 0 Å². The van der Waals surface area contributed by atoms with Crippen LogP contribution in [0.2, 0.25) is 0 Å². The second kappa shape index (κ2) is 11.8. The van der Waals surface area contributed by atoms with Crippen molar-refractivity contribution < 1.29 is 19.1 Å². The van der Waals surface area contributed by atoms with Crippen molar-refractivity contribution in [1.82, 2.24) is 0 Å². The SMILES string of the molecule is CCCC1=CC=CC(CCC)(OC(=O)C2=C(C(=O)OC3(CCC)C=CC=C(CCC)C3)C3C=CC2C3)C1. The van der Waals surface area contributed by atoms with E-state index in [1.807, 2.05) is 24.3 Å². The van der Waals surface area contributed by atoms with Gasteiger partial charge in [0, 0.05) is 24.7 Å². The summed E-state index contributed by atoms with van der Waals surface area (Å²) in [7, 11) is 0. The molecule has 0 amide bonds. The van der Waals surface area contributed by atoms with E-state index in [2.05, 4.69) is 52.0 Å². The lowest BCUT2D eigenvalue weighted by Crippen LogP contribution is -2.38. The van der Waals surface area contributed by atoms with Gasteiger partial charge in [-0.05, 0) is 44.3 Å². The zero-order valence-electron chi connectivity index (χ0n) is 23.2. The molecule has 0 saturated heterocycles. The fourth-order valence-electron chi connectivity index (χ4n) is 6.67. The van der Waals surface area contributed by atoms with Crippen LogP contribution in [-0.2, 0) is 19.1 Å². The molecule has 0 fully saturated rings. The van der Waals surface area contributed by atoms with Crippen molar-refractivity contribution in [2.75, 3.05) is 0 Å². The zero-order valence-corrected chi connectivity index (χ0v) is 23.2. The van der Waals surface area contributed by atoms with E-state index in [4.69, 9.17) is 9.47 Å². The van der Waals surface area contributed by atoms with Gasteiger partial charge in [0.15, 0.2) is 0 Å². The van der Waals surface area contributed by atoms with Crippen LogP contribution in [0.5, 0.6) is 0 Å². The Labute approximate surface area is 223 Å². The fourth-order valence-corrected chi connectivity index (χ4v) is 6.67. The Bertz CT molecular complexity index is 986. The second-order valence-corrected chi connectivity index (χ2v) is 11.3. The average molecular weight is 505 g/mol. The molecular formula is C33H44O4. The molecule has 4 rings (SSSR count). The van der Waals surface area contributed by atoms with Gasteiger partial charge in [-0.2, -0.15) is 0 Å². The van der Waals surface area contributed by atoms with Crippen LogP contribution in [0.15, 0.2) is 70.9 Å². The van der Waals surface area contributed by atoms with E-state index < -0.39 is 11.2 Å². The van der Waals surface area contributed by atoms with Crippen molar-refractivity contribution in [3.63, 3.8) is 0 Å². The molecule has 4 unspecified atom stereocenters.